The molecule has 7 heteroatoms. The van der Waals surface area contributed by atoms with E-state index < -0.39 is 24.2 Å². The molecule has 2 rings (SSSR count). The van der Waals surface area contributed by atoms with Crippen LogP contribution in [0.3, 0.4) is 0 Å². The third-order valence-electron chi connectivity index (χ3n) is 3.35. The fourth-order valence-electron chi connectivity index (χ4n) is 2.17. The van der Waals surface area contributed by atoms with Gasteiger partial charge < -0.3 is 15.7 Å². The van der Waals surface area contributed by atoms with Crippen LogP contribution in [0.1, 0.15) is 6.42 Å². The SMILES string of the molecule is O=C(NCC(O)C(F)(F)F)C12CNCC1C2. The molecule has 4 nitrogen and oxygen atoms in total. The summed E-state index contributed by atoms with van der Waals surface area (Å²) in [5, 5.41) is 13.9. The van der Waals surface area contributed by atoms with Crippen LogP contribution >= 0.6 is 0 Å². The van der Waals surface area contributed by atoms with E-state index in [4.69, 9.17) is 5.11 Å². The first-order chi connectivity index (χ1) is 7.36. The molecule has 3 N–H and O–H groups in total. The van der Waals surface area contributed by atoms with Gasteiger partial charge in [0.2, 0.25) is 5.91 Å². The molecule has 0 aromatic rings. The first-order valence-electron chi connectivity index (χ1n) is 5.10. The van der Waals surface area contributed by atoms with E-state index in [2.05, 4.69) is 10.6 Å². The molecule has 0 aromatic heterocycles. The standard InChI is InChI=1S/C9H13F3N2O2/c10-9(11,12)6(15)3-14-7(16)8-1-5(8)2-13-4-8/h5-6,13,15H,1-4H2,(H,14,16). The van der Waals surface area contributed by atoms with E-state index in [1.54, 1.807) is 0 Å². The van der Waals surface area contributed by atoms with Gasteiger partial charge in [-0.15, -0.1) is 0 Å². The molecule has 2 fully saturated rings. The van der Waals surface area contributed by atoms with Gasteiger partial charge in [0, 0.05) is 6.54 Å². The molecular formula is C9H13F3N2O2. The van der Waals surface area contributed by atoms with Gasteiger partial charge in [0.1, 0.15) is 0 Å². The van der Waals surface area contributed by atoms with E-state index in [0.717, 1.165) is 13.0 Å². The highest BCUT2D eigenvalue weighted by Crippen LogP contribution is 2.54. The van der Waals surface area contributed by atoms with Crippen molar-refractivity contribution in [3.8, 4) is 0 Å². The summed E-state index contributed by atoms with van der Waals surface area (Å²) in [6, 6.07) is 0. The zero-order chi connectivity index (χ0) is 12.0. The molecule has 0 bridgehead atoms. The third-order valence-corrected chi connectivity index (χ3v) is 3.35. The molecule has 1 aliphatic carbocycles. The minimum atomic E-state index is -4.68. The maximum absolute atomic E-state index is 12.0. The van der Waals surface area contributed by atoms with Crippen molar-refractivity contribution in [2.24, 2.45) is 11.3 Å². The van der Waals surface area contributed by atoms with Crippen LogP contribution in [0.15, 0.2) is 0 Å². The van der Waals surface area contributed by atoms with Gasteiger partial charge in [0.05, 0.1) is 12.0 Å². The monoisotopic (exact) mass is 238 g/mol. The summed E-state index contributed by atoms with van der Waals surface area (Å²) < 4.78 is 35.9. The number of hydrogen-bond donors (Lipinski definition) is 3. The van der Waals surface area contributed by atoms with Gasteiger partial charge in [0.25, 0.3) is 0 Å². The molecule has 0 spiro atoms. The van der Waals surface area contributed by atoms with E-state index in [0.29, 0.717) is 6.54 Å². The molecule has 0 aromatic carbocycles. The number of carbonyl (C=O) groups is 1. The van der Waals surface area contributed by atoms with E-state index in [1.165, 1.54) is 0 Å². The highest BCUT2D eigenvalue weighted by atomic mass is 19.4. The Kier molecular flexibility index (Phi) is 2.62. The van der Waals surface area contributed by atoms with E-state index in [1.807, 2.05) is 0 Å². The van der Waals surface area contributed by atoms with Gasteiger partial charge in [-0.05, 0) is 18.9 Å². The summed E-state index contributed by atoms with van der Waals surface area (Å²) in [6.07, 6.45) is -6.44. The highest BCUT2D eigenvalue weighted by Gasteiger charge is 2.62. The predicted octanol–water partition coefficient (Wildman–Crippen LogP) is -0.365. The molecule has 2 aliphatic rings. The molecule has 1 amide bonds. The molecule has 1 heterocycles. The summed E-state index contributed by atoms with van der Waals surface area (Å²) in [6.45, 7) is 0.498. The highest BCUT2D eigenvalue weighted by molar-refractivity contribution is 5.86. The molecule has 1 saturated heterocycles. The van der Waals surface area contributed by atoms with Crippen molar-refractivity contribution in [3.05, 3.63) is 0 Å². The second-order valence-corrected chi connectivity index (χ2v) is 4.46. The van der Waals surface area contributed by atoms with Gasteiger partial charge >= 0.3 is 6.18 Å². The topological polar surface area (TPSA) is 61.4 Å². The van der Waals surface area contributed by atoms with Crippen molar-refractivity contribution in [3.63, 3.8) is 0 Å². The van der Waals surface area contributed by atoms with Crippen LogP contribution in [0.4, 0.5) is 13.2 Å². The lowest BCUT2D eigenvalue weighted by atomic mass is 10.1. The Morgan fingerprint density at radius 3 is 2.75 bits per heavy atom. The second kappa shape index (κ2) is 3.59. The first-order valence-corrected chi connectivity index (χ1v) is 5.10. The minimum Gasteiger partial charge on any atom is -0.382 e. The van der Waals surface area contributed by atoms with Crippen LogP contribution < -0.4 is 10.6 Å². The zero-order valence-corrected chi connectivity index (χ0v) is 8.47. The number of nitrogens with one attached hydrogen (secondary N) is 2. The van der Waals surface area contributed by atoms with Crippen molar-refractivity contribution in [2.45, 2.75) is 18.7 Å². The minimum absolute atomic E-state index is 0.246. The van der Waals surface area contributed by atoms with E-state index in [9.17, 15) is 18.0 Å². The summed E-state index contributed by atoms with van der Waals surface area (Å²) in [7, 11) is 0. The average Bonchev–Trinajstić information content (AvgIpc) is 2.76. The average molecular weight is 238 g/mol. The maximum atomic E-state index is 12.0. The summed E-state index contributed by atoms with van der Waals surface area (Å²) in [5.74, 6) is -0.138. The number of hydrogen-bond acceptors (Lipinski definition) is 3. The van der Waals surface area contributed by atoms with Crippen LogP contribution in [0.5, 0.6) is 0 Å². The Labute approximate surface area is 90.2 Å². The Morgan fingerprint density at radius 2 is 2.31 bits per heavy atom. The van der Waals surface area contributed by atoms with Crippen molar-refractivity contribution in [2.75, 3.05) is 19.6 Å². The molecule has 3 unspecified atom stereocenters. The Bertz CT molecular complexity index is 308. The number of rotatable bonds is 3. The number of alkyl halides is 3. The van der Waals surface area contributed by atoms with Crippen LogP contribution in [0, 0.1) is 11.3 Å². The lowest BCUT2D eigenvalue weighted by Gasteiger charge is -2.17. The molecule has 1 saturated carbocycles. The van der Waals surface area contributed by atoms with E-state index in [-0.39, 0.29) is 11.8 Å². The third kappa shape index (κ3) is 1.89. The van der Waals surface area contributed by atoms with Crippen LogP contribution in [0.25, 0.3) is 0 Å². The summed E-state index contributed by atoms with van der Waals surface area (Å²) in [5.41, 5.74) is -0.509. The number of carbonyl (C=O) groups excluding carboxylic acids is 1. The number of halogens is 3. The molecule has 1 aliphatic heterocycles. The number of aliphatic hydroxyl groups is 1. The zero-order valence-electron chi connectivity index (χ0n) is 8.47. The van der Waals surface area contributed by atoms with Crippen molar-refractivity contribution in [1.82, 2.24) is 10.6 Å². The second-order valence-electron chi connectivity index (χ2n) is 4.46. The van der Waals surface area contributed by atoms with Gasteiger partial charge in [0.15, 0.2) is 6.10 Å². The molecule has 92 valence electrons. The quantitative estimate of drug-likeness (QED) is 0.629. The van der Waals surface area contributed by atoms with Crippen molar-refractivity contribution in [1.29, 1.82) is 0 Å². The fourth-order valence-corrected chi connectivity index (χ4v) is 2.17. The summed E-state index contributed by atoms with van der Waals surface area (Å²) >= 11 is 0. The maximum Gasteiger partial charge on any atom is 0.416 e. The molecule has 0 radical (unpaired) electrons. The summed E-state index contributed by atoms with van der Waals surface area (Å²) in [4.78, 5) is 11.6. The Morgan fingerprint density at radius 1 is 1.62 bits per heavy atom. The largest absolute Gasteiger partial charge is 0.416 e. The smallest absolute Gasteiger partial charge is 0.382 e. The van der Waals surface area contributed by atoms with Crippen molar-refractivity contribution < 1.29 is 23.1 Å². The number of aliphatic hydroxyl groups excluding tert-OH is 1. The Hall–Kier alpha value is -0.820. The normalized spacial score (nSPS) is 34.4. The number of fused-ring (bicyclic) bond motifs is 1. The van der Waals surface area contributed by atoms with Crippen LogP contribution in [-0.4, -0.2) is 42.9 Å². The van der Waals surface area contributed by atoms with Crippen LogP contribution in [-0.2, 0) is 4.79 Å². The number of piperidine rings is 1. The predicted molar refractivity (Wildman–Crippen MR) is 48.5 cm³/mol. The number of amides is 1. The molecule has 3 atom stereocenters. The lowest BCUT2D eigenvalue weighted by Crippen LogP contribution is -2.44. The first kappa shape index (κ1) is 11.7. The van der Waals surface area contributed by atoms with E-state index >= 15 is 0 Å². The van der Waals surface area contributed by atoms with Crippen LogP contribution in [0.2, 0.25) is 0 Å². The van der Waals surface area contributed by atoms with Gasteiger partial charge in [-0.2, -0.15) is 13.2 Å². The molecule has 16 heavy (non-hydrogen) atoms. The van der Waals surface area contributed by atoms with Gasteiger partial charge in [-0.25, -0.2) is 0 Å². The van der Waals surface area contributed by atoms with Crippen molar-refractivity contribution >= 4 is 5.91 Å². The lowest BCUT2D eigenvalue weighted by molar-refractivity contribution is -0.202. The van der Waals surface area contributed by atoms with Gasteiger partial charge in [-0.3, -0.25) is 4.79 Å². The fraction of sp³-hybridized carbons (Fsp3) is 0.889. The molecular weight excluding hydrogens is 225 g/mol. The Balaban J connectivity index is 1.81. The van der Waals surface area contributed by atoms with Gasteiger partial charge in [-0.1, -0.05) is 0 Å².